The molecule has 0 spiro atoms. The summed E-state index contributed by atoms with van der Waals surface area (Å²) in [6.45, 7) is 2.69. The lowest BCUT2D eigenvalue weighted by molar-refractivity contribution is -0.142. The van der Waals surface area contributed by atoms with Crippen molar-refractivity contribution in [3.05, 3.63) is 82.4 Å². The predicted octanol–water partition coefficient (Wildman–Crippen LogP) is 3.32. The van der Waals surface area contributed by atoms with Gasteiger partial charge < -0.3 is 9.47 Å². The Hall–Kier alpha value is -3.12. The molecule has 0 bridgehead atoms. The van der Waals surface area contributed by atoms with Crippen LogP contribution in [0, 0.1) is 0 Å². The average Bonchev–Trinajstić information content (AvgIpc) is 2.88. The lowest BCUT2D eigenvalue weighted by Gasteiger charge is -2.23. The molecule has 0 saturated heterocycles. The van der Waals surface area contributed by atoms with Gasteiger partial charge in [-0.15, -0.1) is 0 Å². The lowest BCUT2D eigenvalue weighted by Crippen LogP contribution is -2.32. The van der Waals surface area contributed by atoms with Crippen LogP contribution in [-0.4, -0.2) is 17.7 Å². The average molecular weight is 386 g/mol. The van der Waals surface area contributed by atoms with Crippen LogP contribution in [0.3, 0.4) is 0 Å². The Morgan fingerprint density at radius 3 is 2.30 bits per heavy atom. The first-order chi connectivity index (χ1) is 12.8. The molecule has 1 aliphatic heterocycles. The highest BCUT2D eigenvalue weighted by Crippen LogP contribution is 2.38. The van der Waals surface area contributed by atoms with Crippen molar-refractivity contribution in [3.63, 3.8) is 0 Å². The van der Waals surface area contributed by atoms with E-state index in [1.807, 2.05) is 0 Å². The van der Waals surface area contributed by atoms with Crippen molar-refractivity contribution in [2.45, 2.75) is 19.4 Å². The van der Waals surface area contributed by atoms with Crippen molar-refractivity contribution in [2.24, 2.45) is 0 Å². The molecule has 3 rings (SSSR count). The third kappa shape index (κ3) is 3.71. The molecule has 0 aromatic heterocycles. The second kappa shape index (κ2) is 7.25. The molecule has 2 aromatic rings. The van der Waals surface area contributed by atoms with Crippen LogP contribution >= 0.6 is 11.6 Å². The van der Waals surface area contributed by atoms with E-state index in [1.165, 1.54) is 6.92 Å². The van der Waals surface area contributed by atoms with Crippen LogP contribution < -0.4 is 5.32 Å². The van der Waals surface area contributed by atoms with Crippen molar-refractivity contribution in [2.75, 3.05) is 0 Å². The first-order valence-electron chi connectivity index (χ1n) is 8.10. The molecule has 1 unspecified atom stereocenters. The molecule has 1 heterocycles. The minimum absolute atomic E-state index is 0.207. The van der Waals surface area contributed by atoms with Crippen LogP contribution in [-0.2, 0) is 24.7 Å². The highest BCUT2D eigenvalue weighted by Gasteiger charge is 2.49. The molecule has 0 saturated carbocycles. The number of hydrogen-bond donors (Lipinski definition) is 1. The maximum atomic E-state index is 12.9. The molecule has 2 aromatic carbocycles. The monoisotopic (exact) mass is 385 g/mol. The van der Waals surface area contributed by atoms with E-state index in [1.54, 1.807) is 54.6 Å². The Morgan fingerprint density at radius 1 is 1.07 bits per heavy atom. The number of ether oxygens (including phenoxy) is 2. The first-order valence-corrected chi connectivity index (χ1v) is 8.48. The van der Waals surface area contributed by atoms with E-state index >= 15 is 0 Å². The van der Waals surface area contributed by atoms with Gasteiger partial charge in [0.05, 0.1) is 0 Å². The summed E-state index contributed by atoms with van der Waals surface area (Å²) in [7, 11) is 0. The number of amides is 1. The smallest absolute Gasteiger partial charge is 0.308 e. The summed E-state index contributed by atoms with van der Waals surface area (Å²) in [6.07, 6.45) is 0. The maximum Gasteiger partial charge on any atom is 0.308 e. The van der Waals surface area contributed by atoms with Gasteiger partial charge in [0.25, 0.3) is 11.7 Å². The number of carbonyl (C=O) groups is 3. The topological polar surface area (TPSA) is 81.7 Å². The Kier molecular flexibility index (Phi) is 5.01. The number of Topliss-reactive ketones (excluding diaryl/α,β-unsaturated/α-hetero) is 1. The minimum atomic E-state index is -1.46. The lowest BCUT2D eigenvalue weighted by atomic mass is 9.92. The molecule has 0 fully saturated rings. The number of hydrogen-bond acceptors (Lipinski definition) is 5. The second-order valence-corrected chi connectivity index (χ2v) is 6.48. The number of rotatable bonds is 4. The van der Waals surface area contributed by atoms with Crippen molar-refractivity contribution in [1.82, 2.24) is 5.32 Å². The van der Waals surface area contributed by atoms with E-state index in [9.17, 15) is 14.4 Å². The van der Waals surface area contributed by atoms with E-state index in [0.717, 1.165) is 6.92 Å². The zero-order valence-electron chi connectivity index (χ0n) is 14.6. The highest BCUT2D eigenvalue weighted by atomic mass is 35.5. The first kappa shape index (κ1) is 18.7. The second-order valence-electron chi connectivity index (χ2n) is 6.04. The summed E-state index contributed by atoms with van der Waals surface area (Å²) in [5, 5.41) is 3.01. The van der Waals surface area contributed by atoms with Gasteiger partial charge in [0.1, 0.15) is 0 Å². The molecule has 1 atom stereocenters. The van der Waals surface area contributed by atoms with Crippen LogP contribution in [0.5, 0.6) is 0 Å². The number of benzene rings is 2. The molecule has 1 aliphatic rings. The van der Waals surface area contributed by atoms with Crippen LogP contribution in [0.15, 0.2) is 66.2 Å². The van der Waals surface area contributed by atoms with Crippen LogP contribution in [0.25, 0.3) is 0 Å². The normalized spacial score (nSPS) is 18.9. The van der Waals surface area contributed by atoms with Gasteiger partial charge in [0, 0.05) is 23.1 Å². The number of ketones is 1. The van der Waals surface area contributed by atoms with Crippen molar-refractivity contribution >= 4 is 29.3 Å². The van der Waals surface area contributed by atoms with E-state index < -0.39 is 23.3 Å². The van der Waals surface area contributed by atoms with Crippen molar-refractivity contribution in [1.29, 1.82) is 0 Å². The summed E-state index contributed by atoms with van der Waals surface area (Å²) >= 11 is 5.90. The van der Waals surface area contributed by atoms with E-state index in [-0.39, 0.29) is 11.6 Å². The molecular formula is C20H16ClNO5. The predicted molar refractivity (Wildman–Crippen MR) is 97.6 cm³/mol. The number of halogens is 1. The SMILES string of the molecule is CC(=O)OC1=C(NC(=O)c2ccccc2)OC(C)(c2ccc(Cl)cc2)C1=O. The van der Waals surface area contributed by atoms with Crippen LogP contribution in [0.4, 0.5) is 0 Å². The van der Waals surface area contributed by atoms with Gasteiger partial charge in [-0.25, -0.2) is 0 Å². The Bertz CT molecular complexity index is 937. The molecule has 1 N–H and O–H groups in total. The summed E-state index contributed by atoms with van der Waals surface area (Å²) in [4.78, 5) is 36.8. The molecular weight excluding hydrogens is 370 g/mol. The molecule has 0 radical (unpaired) electrons. The van der Waals surface area contributed by atoms with E-state index in [2.05, 4.69) is 5.32 Å². The summed E-state index contributed by atoms with van der Waals surface area (Å²) in [5.74, 6) is -2.33. The summed E-state index contributed by atoms with van der Waals surface area (Å²) < 4.78 is 10.8. The molecule has 7 heteroatoms. The summed E-state index contributed by atoms with van der Waals surface area (Å²) in [5.41, 5.74) is -0.594. The zero-order valence-corrected chi connectivity index (χ0v) is 15.4. The Morgan fingerprint density at radius 2 is 1.70 bits per heavy atom. The van der Waals surface area contributed by atoms with Gasteiger partial charge in [-0.2, -0.15) is 0 Å². The fourth-order valence-electron chi connectivity index (χ4n) is 2.66. The standard InChI is InChI=1S/C20H16ClNO5/c1-12(23)26-16-17(24)20(2,14-8-10-15(21)11-9-14)27-19(16)22-18(25)13-6-4-3-5-7-13/h3-11H,1-2H3,(H,22,25). The van der Waals surface area contributed by atoms with Crippen LogP contribution in [0.2, 0.25) is 5.02 Å². The molecule has 0 aliphatic carbocycles. The Balaban J connectivity index is 1.95. The van der Waals surface area contributed by atoms with Gasteiger partial charge in [0.15, 0.2) is 5.60 Å². The minimum Gasteiger partial charge on any atom is -0.456 e. The number of carbonyl (C=O) groups excluding carboxylic acids is 3. The third-order valence-electron chi connectivity index (χ3n) is 4.06. The largest absolute Gasteiger partial charge is 0.456 e. The van der Waals surface area contributed by atoms with Gasteiger partial charge >= 0.3 is 5.97 Å². The van der Waals surface area contributed by atoms with Gasteiger partial charge in [-0.05, 0) is 31.2 Å². The third-order valence-corrected chi connectivity index (χ3v) is 4.31. The van der Waals surface area contributed by atoms with E-state index in [4.69, 9.17) is 21.1 Å². The van der Waals surface area contributed by atoms with Crippen molar-refractivity contribution in [3.8, 4) is 0 Å². The fourth-order valence-corrected chi connectivity index (χ4v) is 2.78. The van der Waals surface area contributed by atoms with Crippen LogP contribution in [0.1, 0.15) is 29.8 Å². The van der Waals surface area contributed by atoms with E-state index in [0.29, 0.717) is 16.1 Å². The maximum absolute atomic E-state index is 12.9. The molecule has 27 heavy (non-hydrogen) atoms. The highest BCUT2D eigenvalue weighted by molar-refractivity contribution is 6.30. The zero-order chi connectivity index (χ0) is 19.6. The van der Waals surface area contributed by atoms with Gasteiger partial charge in [-0.1, -0.05) is 41.9 Å². The molecule has 138 valence electrons. The van der Waals surface area contributed by atoms with Gasteiger partial charge in [0.2, 0.25) is 11.6 Å². The van der Waals surface area contributed by atoms with Gasteiger partial charge in [-0.3, -0.25) is 19.7 Å². The number of esters is 1. The quantitative estimate of drug-likeness (QED) is 0.816. The molecule has 1 amide bonds. The Labute approximate surface area is 160 Å². The number of nitrogens with one attached hydrogen (secondary N) is 1. The fraction of sp³-hybridized carbons (Fsp3) is 0.150. The van der Waals surface area contributed by atoms with Crippen molar-refractivity contribution < 1.29 is 23.9 Å². The molecule has 6 nitrogen and oxygen atoms in total. The summed E-state index contributed by atoms with van der Waals surface area (Å²) in [6, 6.07) is 14.9.